The fraction of sp³-hybridized carbons (Fsp3) is 0.929. The standard InChI is InChI=1S/C14H28N2O/c1-4-7-12-8-6-9-16(10-12)14(17)13(15)11(3)5-2/h11-13H,4-10,15H2,1-3H3. The van der Waals surface area contributed by atoms with E-state index in [1.807, 2.05) is 4.90 Å². The molecule has 2 N–H and O–H groups in total. The van der Waals surface area contributed by atoms with Gasteiger partial charge in [0.1, 0.15) is 0 Å². The number of likely N-dealkylation sites (tertiary alicyclic amines) is 1. The van der Waals surface area contributed by atoms with Crippen LogP contribution < -0.4 is 5.73 Å². The Bertz CT molecular complexity index is 240. The molecule has 1 rings (SSSR count). The number of amides is 1. The molecule has 1 amide bonds. The van der Waals surface area contributed by atoms with Crippen molar-refractivity contribution in [1.82, 2.24) is 4.90 Å². The zero-order chi connectivity index (χ0) is 12.8. The van der Waals surface area contributed by atoms with Crippen molar-refractivity contribution < 1.29 is 4.79 Å². The van der Waals surface area contributed by atoms with Crippen LogP contribution in [0.25, 0.3) is 0 Å². The summed E-state index contributed by atoms with van der Waals surface area (Å²) in [5, 5.41) is 0. The van der Waals surface area contributed by atoms with Crippen LogP contribution in [0.3, 0.4) is 0 Å². The lowest BCUT2D eigenvalue weighted by molar-refractivity contribution is -0.135. The Morgan fingerprint density at radius 1 is 1.47 bits per heavy atom. The van der Waals surface area contributed by atoms with E-state index in [2.05, 4.69) is 20.8 Å². The summed E-state index contributed by atoms with van der Waals surface area (Å²) in [5.74, 6) is 1.15. The quantitative estimate of drug-likeness (QED) is 0.802. The third-order valence-electron chi connectivity index (χ3n) is 4.07. The molecular weight excluding hydrogens is 212 g/mol. The van der Waals surface area contributed by atoms with Crippen molar-refractivity contribution in [1.29, 1.82) is 0 Å². The summed E-state index contributed by atoms with van der Waals surface area (Å²) in [7, 11) is 0. The Hall–Kier alpha value is -0.570. The molecule has 0 aromatic carbocycles. The highest BCUT2D eigenvalue weighted by Gasteiger charge is 2.28. The van der Waals surface area contributed by atoms with E-state index in [9.17, 15) is 4.79 Å². The highest BCUT2D eigenvalue weighted by atomic mass is 16.2. The van der Waals surface area contributed by atoms with Gasteiger partial charge >= 0.3 is 0 Å². The molecule has 0 radical (unpaired) electrons. The van der Waals surface area contributed by atoms with Gasteiger partial charge in [-0.3, -0.25) is 4.79 Å². The van der Waals surface area contributed by atoms with Crippen molar-refractivity contribution in [2.45, 2.75) is 58.9 Å². The third kappa shape index (κ3) is 3.98. The Balaban J connectivity index is 2.51. The number of nitrogens with two attached hydrogens (primary N) is 1. The maximum Gasteiger partial charge on any atom is 0.239 e. The Kier molecular flexibility index (Phi) is 5.96. The highest BCUT2D eigenvalue weighted by molar-refractivity contribution is 5.82. The lowest BCUT2D eigenvalue weighted by Gasteiger charge is -2.35. The van der Waals surface area contributed by atoms with Crippen molar-refractivity contribution in [3.63, 3.8) is 0 Å². The molecule has 3 nitrogen and oxygen atoms in total. The molecule has 0 aliphatic carbocycles. The number of hydrogen-bond acceptors (Lipinski definition) is 2. The minimum atomic E-state index is -0.305. The fourth-order valence-electron chi connectivity index (χ4n) is 2.62. The number of carbonyl (C=O) groups excluding carboxylic acids is 1. The Morgan fingerprint density at radius 2 is 2.18 bits per heavy atom. The lowest BCUT2D eigenvalue weighted by atomic mass is 9.92. The van der Waals surface area contributed by atoms with Crippen LogP contribution in [0.2, 0.25) is 0 Å². The van der Waals surface area contributed by atoms with Gasteiger partial charge < -0.3 is 10.6 Å². The molecule has 0 aromatic rings. The molecule has 1 aliphatic heterocycles. The molecule has 1 fully saturated rings. The first kappa shape index (κ1) is 14.5. The molecule has 0 saturated carbocycles. The summed E-state index contributed by atoms with van der Waals surface area (Å²) in [6, 6.07) is -0.305. The molecule has 0 spiro atoms. The molecular formula is C14H28N2O. The third-order valence-corrected chi connectivity index (χ3v) is 4.07. The zero-order valence-corrected chi connectivity index (χ0v) is 11.6. The van der Waals surface area contributed by atoms with Crippen LogP contribution in [-0.4, -0.2) is 29.9 Å². The van der Waals surface area contributed by atoms with Gasteiger partial charge in [-0.25, -0.2) is 0 Å². The second-order valence-corrected chi connectivity index (χ2v) is 5.49. The molecule has 1 heterocycles. The molecule has 3 unspecified atom stereocenters. The molecule has 17 heavy (non-hydrogen) atoms. The maximum absolute atomic E-state index is 12.2. The summed E-state index contributed by atoms with van der Waals surface area (Å²) in [5.41, 5.74) is 6.03. The van der Waals surface area contributed by atoms with E-state index in [1.54, 1.807) is 0 Å². The Morgan fingerprint density at radius 3 is 2.76 bits per heavy atom. The molecule has 3 atom stereocenters. The minimum Gasteiger partial charge on any atom is -0.341 e. The van der Waals surface area contributed by atoms with Crippen LogP contribution in [-0.2, 0) is 4.79 Å². The summed E-state index contributed by atoms with van der Waals surface area (Å²) < 4.78 is 0. The van der Waals surface area contributed by atoms with E-state index in [-0.39, 0.29) is 17.9 Å². The van der Waals surface area contributed by atoms with E-state index in [1.165, 1.54) is 19.3 Å². The number of piperidine rings is 1. The van der Waals surface area contributed by atoms with Gasteiger partial charge in [-0.2, -0.15) is 0 Å². The average molecular weight is 240 g/mol. The smallest absolute Gasteiger partial charge is 0.239 e. The van der Waals surface area contributed by atoms with Crippen molar-refractivity contribution in [3.05, 3.63) is 0 Å². The average Bonchev–Trinajstić information content (AvgIpc) is 2.36. The first-order valence-electron chi connectivity index (χ1n) is 7.14. The predicted octanol–water partition coefficient (Wildman–Crippen LogP) is 2.40. The SMILES string of the molecule is CCCC1CCCN(C(=O)C(N)C(C)CC)C1. The maximum atomic E-state index is 12.2. The van der Waals surface area contributed by atoms with E-state index >= 15 is 0 Å². The second-order valence-electron chi connectivity index (χ2n) is 5.49. The molecule has 3 heteroatoms. The lowest BCUT2D eigenvalue weighted by Crippen LogP contribution is -2.50. The van der Waals surface area contributed by atoms with E-state index in [4.69, 9.17) is 5.73 Å². The molecule has 1 aliphatic rings. The topological polar surface area (TPSA) is 46.3 Å². The fourth-order valence-corrected chi connectivity index (χ4v) is 2.62. The number of hydrogen-bond donors (Lipinski definition) is 1. The first-order valence-corrected chi connectivity index (χ1v) is 7.14. The van der Waals surface area contributed by atoms with Crippen molar-refractivity contribution in [2.75, 3.05) is 13.1 Å². The monoisotopic (exact) mass is 240 g/mol. The largest absolute Gasteiger partial charge is 0.341 e. The van der Waals surface area contributed by atoms with E-state index < -0.39 is 0 Å². The van der Waals surface area contributed by atoms with Gasteiger partial charge in [0.15, 0.2) is 0 Å². The van der Waals surface area contributed by atoms with Gasteiger partial charge in [-0.1, -0.05) is 33.6 Å². The van der Waals surface area contributed by atoms with Gasteiger partial charge in [-0.05, 0) is 31.1 Å². The molecule has 0 aromatic heterocycles. The second kappa shape index (κ2) is 7.00. The summed E-state index contributed by atoms with van der Waals surface area (Å²) >= 11 is 0. The first-order chi connectivity index (χ1) is 8.10. The van der Waals surface area contributed by atoms with Gasteiger partial charge in [0.2, 0.25) is 5.91 Å². The van der Waals surface area contributed by atoms with Crippen LogP contribution in [0, 0.1) is 11.8 Å². The van der Waals surface area contributed by atoms with Crippen LogP contribution in [0.4, 0.5) is 0 Å². The summed E-state index contributed by atoms with van der Waals surface area (Å²) in [6.45, 7) is 8.20. The van der Waals surface area contributed by atoms with Gasteiger partial charge in [0.25, 0.3) is 0 Å². The van der Waals surface area contributed by atoms with Crippen molar-refractivity contribution >= 4 is 5.91 Å². The number of nitrogens with zero attached hydrogens (tertiary/aromatic N) is 1. The zero-order valence-electron chi connectivity index (χ0n) is 11.6. The van der Waals surface area contributed by atoms with Crippen LogP contribution in [0.15, 0.2) is 0 Å². The van der Waals surface area contributed by atoms with Gasteiger partial charge in [0.05, 0.1) is 6.04 Å². The van der Waals surface area contributed by atoms with Crippen LogP contribution >= 0.6 is 0 Å². The minimum absolute atomic E-state index is 0.167. The normalized spacial score (nSPS) is 24.5. The number of rotatable bonds is 5. The summed E-state index contributed by atoms with van der Waals surface area (Å²) in [6.07, 6.45) is 5.84. The summed E-state index contributed by atoms with van der Waals surface area (Å²) in [4.78, 5) is 14.2. The highest BCUT2D eigenvalue weighted by Crippen LogP contribution is 2.22. The molecule has 0 bridgehead atoms. The van der Waals surface area contributed by atoms with Crippen LogP contribution in [0.5, 0.6) is 0 Å². The van der Waals surface area contributed by atoms with Gasteiger partial charge in [-0.15, -0.1) is 0 Å². The molecule has 100 valence electrons. The van der Waals surface area contributed by atoms with Crippen molar-refractivity contribution in [3.8, 4) is 0 Å². The van der Waals surface area contributed by atoms with Crippen molar-refractivity contribution in [2.24, 2.45) is 17.6 Å². The van der Waals surface area contributed by atoms with Crippen LogP contribution in [0.1, 0.15) is 52.9 Å². The Labute approximate surface area is 106 Å². The molecule has 1 saturated heterocycles. The van der Waals surface area contributed by atoms with E-state index in [0.717, 1.165) is 25.9 Å². The number of carbonyl (C=O) groups is 1. The van der Waals surface area contributed by atoms with E-state index in [0.29, 0.717) is 5.92 Å². The van der Waals surface area contributed by atoms with Gasteiger partial charge in [0, 0.05) is 13.1 Å². The predicted molar refractivity (Wildman–Crippen MR) is 71.6 cm³/mol.